The number of para-hydroxylation sites is 2. The number of allylic oxidation sites excluding steroid dienone is 1. The van der Waals surface area contributed by atoms with Crippen LogP contribution in [0.4, 0.5) is 0 Å². The second-order valence-electron chi connectivity index (χ2n) is 12.4. The van der Waals surface area contributed by atoms with E-state index in [1.807, 2.05) is 0 Å². The van der Waals surface area contributed by atoms with Crippen LogP contribution in [0.5, 0.6) is 0 Å². The molecule has 0 fully saturated rings. The summed E-state index contributed by atoms with van der Waals surface area (Å²) in [7, 11) is 0. The number of fused-ring (bicyclic) bond motifs is 8. The molecule has 2 nitrogen and oxygen atoms in total. The molecule has 0 radical (unpaired) electrons. The van der Waals surface area contributed by atoms with E-state index in [1.165, 1.54) is 71.0 Å². The first-order valence-electron chi connectivity index (χ1n) is 16.1. The fourth-order valence-electron chi connectivity index (χ4n) is 7.77. The maximum atomic E-state index is 6.47. The van der Waals surface area contributed by atoms with Gasteiger partial charge in [-0.3, -0.25) is 0 Å². The molecular formula is C44H29NO. The summed E-state index contributed by atoms with van der Waals surface area (Å²) >= 11 is 0. The van der Waals surface area contributed by atoms with Gasteiger partial charge in [-0.1, -0.05) is 109 Å². The molecule has 2 heteroatoms. The molecule has 0 aliphatic heterocycles. The Kier molecular flexibility index (Phi) is 5.44. The molecule has 0 N–H and O–H groups in total. The van der Waals surface area contributed by atoms with Crippen LogP contribution in [0.15, 0.2) is 150 Å². The quantitative estimate of drug-likeness (QED) is 0.188. The molecule has 2 heterocycles. The summed E-state index contributed by atoms with van der Waals surface area (Å²) in [5.74, 6) is 1.00. The normalized spacial score (nSPS) is 13.0. The predicted octanol–water partition coefficient (Wildman–Crippen LogP) is 12.1. The molecule has 7 aromatic carbocycles. The molecule has 9 aromatic rings. The summed E-state index contributed by atoms with van der Waals surface area (Å²) in [6.07, 6.45) is 6.44. The average Bonchev–Trinajstić information content (AvgIpc) is 3.66. The minimum atomic E-state index is 0.983. The van der Waals surface area contributed by atoms with E-state index in [0.717, 1.165) is 35.4 Å². The monoisotopic (exact) mass is 587 g/mol. The van der Waals surface area contributed by atoms with Gasteiger partial charge in [-0.25, -0.2) is 0 Å². The van der Waals surface area contributed by atoms with Gasteiger partial charge in [0.05, 0.1) is 11.0 Å². The summed E-state index contributed by atoms with van der Waals surface area (Å²) < 4.78 is 8.89. The minimum absolute atomic E-state index is 0.983. The zero-order valence-electron chi connectivity index (χ0n) is 25.2. The summed E-state index contributed by atoms with van der Waals surface area (Å²) in [6, 6.07) is 51.0. The third-order valence-corrected chi connectivity index (χ3v) is 9.83. The Bertz CT molecular complexity index is 2650. The van der Waals surface area contributed by atoms with Crippen molar-refractivity contribution in [3.63, 3.8) is 0 Å². The van der Waals surface area contributed by atoms with Crippen LogP contribution in [-0.2, 0) is 6.42 Å². The number of rotatable bonds is 3. The second kappa shape index (κ2) is 9.82. The van der Waals surface area contributed by atoms with Gasteiger partial charge in [-0.15, -0.1) is 0 Å². The standard InChI is InChI=1S/C44H29NO/c1-3-15-33-28(11-1)25-29-12-2-4-16-34(29)43(33)31-13-9-14-32(26-31)45-40-21-7-5-17-36(40)39-27-30(23-24-41(39)45)35-19-10-20-38-37-18-6-8-22-42(37)46-44(35)38/h1-5,7-17,19-27H,6,18H2. The van der Waals surface area contributed by atoms with Gasteiger partial charge >= 0.3 is 0 Å². The van der Waals surface area contributed by atoms with E-state index in [1.54, 1.807) is 0 Å². The van der Waals surface area contributed by atoms with Gasteiger partial charge in [0.15, 0.2) is 0 Å². The number of aryl methyl sites for hydroxylation is 1. The number of nitrogens with zero attached hydrogens (tertiary/aromatic N) is 1. The van der Waals surface area contributed by atoms with E-state index in [4.69, 9.17) is 4.42 Å². The highest BCUT2D eigenvalue weighted by atomic mass is 16.3. The van der Waals surface area contributed by atoms with E-state index in [0.29, 0.717) is 0 Å². The third kappa shape index (κ3) is 3.71. The van der Waals surface area contributed by atoms with Gasteiger partial charge < -0.3 is 8.98 Å². The summed E-state index contributed by atoms with van der Waals surface area (Å²) in [6.45, 7) is 0. The lowest BCUT2D eigenvalue weighted by molar-refractivity contribution is 0.596. The lowest BCUT2D eigenvalue weighted by Gasteiger charge is -2.14. The van der Waals surface area contributed by atoms with Crippen LogP contribution < -0.4 is 0 Å². The number of furan rings is 1. The number of aromatic nitrogens is 1. The van der Waals surface area contributed by atoms with Gasteiger partial charge in [-0.05, 0) is 93.6 Å². The Labute approximate surface area is 266 Å². The molecule has 0 unspecified atom stereocenters. The van der Waals surface area contributed by atoms with Crippen molar-refractivity contribution in [2.45, 2.75) is 12.8 Å². The Morgan fingerprint density at radius 3 is 2.09 bits per heavy atom. The zero-order valence-corrected chi connectivity index (χ0v) is 25.2. The first-order valence-corrected chi connectivity index (χ1v) is 16.1. The predicted molar refractivity (Wildman–Crippen MR) is 194 cm³/mol. The van der Waals surface area contributed by atoms with Crippen LogP contribution in [0.25, 0.3) is 88.3 Å². The van der Waals surface area contributed by atoms with E-state index in [2.05, 4.69) is 156 Å². The molecular weight excluding hydrogens is 558 g/mol. The third-order valence-electron chi connectivity index (χ3n) is 9.83. The highest BCUT2D eigenvalue weighted by Crippen LogP contribution is 2.41. The Balaban J connectivity index is 1.19. The molecule has 0 bridgehead atoms. The molecule has 0 saturated carbocycles. The minimum Gasteiger partial charge on any atom is -0.456 e. The van der Waals surface area contributed by atoms with Crippen LogP contribution >= 0.6 is 0 Å². The van der Waals surface area contributed by atoms with Crippen molar-refractivity contribution in [2.75, 3.05) is 0 Å². The van der Waals surface area contributed by atoms with E-state index >= 15 is 0 Å². The van der Waals surface area contributed by atoms with E-state index in [9.17, 15) is 0 Å². The molecule has 0 spiro atoms. The molecule has 1 aliphatic rings. The maximum Gasteiger partial charge on any atom is 0.142 e. The highest BCUT2D eigenvalue weighted by Gasteiger charge is 2.19. The van der Waals surface area contributed by atoms with Crippen molar-refractivity contribution in [3.05, 3.63) is 157 Å². The van der Waals surface area contributed by atoms with Crippen LogP contribution in [0.1, 0.15) is 17.7 Å². The van der Waals surface area contributed by atoms with Crippen LogP contribution in [0, 0.1) is 0 Å². The van der Waals surface area contributed by atoms with E-state index in [-0.39, 0.29) is 0 Å². The largest absolute Gasteiger partial charge is 0.456 e. The average molecular weight is 588 g/mol. The number of hydrogen-bond donors (Lipinski definition) is 0. The van der Waals surface area contributed by atoms with Crippen molar-refractivity contribution < 1.29 is 4.42 Å². The lowest BCUT2D eigenvalue weighted by atomic mass is 9.92. The van der Waals surface area contributed by atoms with Crippen molar-refractivity contribution >= 4 is 60.4 Å². The summed E-state index contributed by atoms with van der Waals surface area (Å²) in [5.41, 5.74) is 10.7. The molecule has 0 saturated heterocycles. The first-order chi connectivity index (χ1) is 22.8. The van der Waals surface area contributed by atoms with Crippen molar-refractivity contribution in [3.8, 4) is 27.9 Å². The van der Waals surface area contributed by atoms with Crippen LogP contribution in [0.3, 0.4) is 0 Å². The number of benzene rings is 7. The summed E-state index contributed by atoms with van der Waals surface area (Å²) in [5, 5.41) is 8.78. The van der Waals surface area contributed by atoms with Gasteiger partial charge in [0, 0.05) is 33.0 Å². The molecule has 10 rings (SSSR count). The maximum absolute atomic E-state index is 6.47. The fraction of sp³-hybridized carbons (Fsp3) is 0.0455. The molecule has 0 amide bonds. The lowest BCUT2D eigenvalue weighted by Crippen LogP contribution is -1.95. The van der Waals surface area contributed by atoms with Crippen LogP contribution in [0.2, 0.25) is 0 Å². The SMILES string of the molecule is C1=Cc2oc3c(-c4ccc5c(c4)c4ccccc4n5-c4cccc(-c5c6ccccc6cc6ccccc56)c4)cccc3c2CC1. The topological polar surface area (TPSA) is 18.1 Å². The molecule has 0 atom stereocenters. The highest BCUT2D eigenvalue weighted by molar-refractivity contribution is 6.14. The van der Waals surface area contributed by atoms with Crippen molar-refractivity contribution in [2.24, 2.45) is 0 Å². The molecule has 2 aromatic heterocycles. The second-order valence-corrected chi connectivity index (χ2v) is 12.4. The Hall–Kier alpha value is -5.86. The van der Waals surface area contributed by atoms with Crippen LogP contribution in [-0.4, -0.2) is 4.57 Å². The first kappa shape index (κ1) is 25.5. The van der Waals surface area contributed by atoms with E-state index < -0.39 is 0 Å². The molecule has 46 heavy (non-hydrogen) atoms. The van der Waals surface area contributed by atoms with Crippen molar-refractivity contribution in [1.29, 1.82) is 0 Å². The Morgan fingerprint density at radius 1 is 0.522 bits per heavy atom. The van der Waals surface area contributed by atoms with Gasteiger partial charge in [0.1, 0.15) is 11.3 Å². The Morgan fingerprint density at radius 2 is 1.24 bits per heavy atom. The van der Waals surface area contributed by atoms with Gasteiger partial charge in [0.25, 0.3) is 0 Å². The summed E-state index contributed by atoms with van der Waals surface area (Å²) in [4.78, 5) is 0. The zero-order chi connectivity index (χ0) is 30.2. The van der Waals surface area contributed by atoms with Gasteiger partial charge in [0.2, 0.25) is 0 Å². The number of hydrogen-bond acceptors (Lipinski definition) is 1. The fourth-order valence-corrected chi connectivity index (χ4v) is 7.77. The van der Waals surface area contributed by atoms with Crippen molar-refractivity contribution in [1.82, 2.24) is 4.57 Å². The molecule has 216 valence electrons. The molecule has 1 aliphatic carbocycles. The van der Waals surface area contributed by atoms with Gasteiger partial charge in [-0.2, -0.15) is 0 Å². The smallest absolute Gasteiger partial charge is 0.142 e.